The Morgan fingerprint density at radius 2 is 2.20 bits per heavy atom. The first-order chi connectivity index (χ1) is 9.43. The summed E-state index contributed by atoms with van der Waals surface area (Å²) in [4.78, 5) is 22.9. The minimum Gasteiger partial charge on any atom is -0.379 e. The monoisotopic (exact) mass is 286 g/mol. The molecule has 0 aliphatic carbocycles. The van der Waals surface area contributed by atoms with Crippen molar-refractivity contribution in [1.29, 1.82) is 0 Å². The van der Waals surface area contributed by atoms with Crippen LogP contribution >= 0.6 is 0 Å². The summed E-state index contributed by atoms with van der Waals surface area (Å²) in [6.07, 6.45) is 0.556. The van der Waals surface area contributed by atoms with E-state index in [2.05, 4.69) is 0 Å². The molecule has 1 amide bonds. The molecule has 1 heterocycles. The lowest BCUT2D eigenvalue weighted by Crippen LogP contribution is -2.38. The molecule has 1 fully saturated rings. The van der Waals surface area contributed by atoms with Crippen molar-refractivity contribution < 1.29 is 23.2 Å². The summed E-state index contributed by atoms with van der Waals surface area (Å²) in [6, 6.07) is 1.12. The highest BCUT2D eigenvalue weighted by Gasteiger charge is 2.31. The van der Waals surface area contributed by atoms with Gasteiger partial charge in [0.2, 0.25) is 5.82 Å². The van der Waals surface area contributed by atoms with Gasteiger partial charge in [-0.15, -0.1) is 0 Å². The van der Waals surface area contributed by atoms with E-state index in [0.29, 0.717) is 25.2 Å². The molecule has 0 radical (unpaired) electrons. The average molecular weight is 286 g/mol. The van der Waals surface area contributed by atoms with E-state index in [-0.39, 0.29) is 12.6 Å². The van der Waals surface area contributed by atoms with Gasteiger partial charge in [-0.05, 0) is 12.5 Å². The number of carbonyl (C=O) groups is 1. The molecule has 1 atom stereocenters. The Balaban J connectivity index is 2.38. The highest BCUT2D eigenvalue weighted by atomic mass is 19.1. The topological polar surface area (TPSA) is 72.7 Å². The predicted molar refractivity (Wildman–Crippen MR) is 64.3 cm³/mol. The fourth-order valence-corrected chi connectivity index (χ4v) is 2.05. The summed E-state index contributed by atoms with van der Waals surface area (Å²) >= 11 is 0. The van der Waals surface area contributed by atoms with Crippen molar-refractivity contribution in [3.05, 3.63) is 39.4 Å². The second kappa shape index (κ2) is 5.49. The fourth-order valence-electron chi connectivity index (χ4n) is 2.05. The van der Waals surface area contributed by atoms with Crippen molar-refractivity contribution in [2.75, 3.05) is 20.3 Å². The molecule has 0 spiro atoms. The summed E-state index contributed by atoms with van der Waals surface area (Å²) in [7, 11) is 1.39. The number of benzene rings is 1. The van der Waals surface area contributed by atoms with Crippen molar-refractivity contribution in [3.8, 4) is 0 Å². The molecule has 1 saturated heterocycles. The molecule has 1 aromatic carbocycles. The maximum absolute atomic E-state index is 13.9. The minimum atomic E-state index is -1.45. The second-order valence-electron chi connectivity index (χ2n) is 4.45. The number of carbonyl (C=O) groups excluding carboxylic acids is 1. The van der Waals surface area contributed by atoms with Gasteiger partial charge in [0.1, 0.15) is 11.4 Å². The molecule has 1 aliphatic rings. The van der Waals surface area contributed by atoms with Gasteiger partial charge in [0, 0.05) is 19.7 Å². The van der Waals surface area contributed by atoms with E-state index < -0.39 is 33.7 Å². The van der Waals surface area contributed by atoms with Gasteiger partial charge in [0.05, 0.1) is 17.6 Å². The molecule has 1 aliphatic heterocycles. The first-order valence-corrected chi connectivity index (χ1v) is 5.90. The van der Waals surface area contributed by atoms with Gasteiger partial charge in [-0.1, -0.05) is 0 Å². The first kappa shape index (κ1) is 14.3. The number of hydrogen-bond donors (Lipinski definition) is 0. The van der Waals surface area contributed by atoms with Crippen LogP contribution in [0.5, 0.6) is 0 Å². The average Bonchev–Trinajstić information content (AvgIpc) is 2.91. The first-order valence-electron chi connectivity index (χ1n) is 5.90. The quantitative estimate of drug-likeness (QED) is 0.626. The Hall–Kier alpha value is -2.09. The Labute approximate surface area is 113 Å². The Bertz CT molecular complexity index is 559. The lowest BCUT2D eigenvalue weighted by atomic mass is 10.1. The van der Waals surface area contributed by atoms with Gasteiger partial charge < -0.3 is 9.64 Å². The molecule has 2 rings (SSSR count). The number of nitro benzene ring substituents is 1. The number of nitro groups is 1. The summed E-state index contributed by atoms with van der Waals surface area (Å²) in [5.74, 6) is -3.51. The SMILES string of the molecule is CN(C(=O)c1c(F)ccc([N+](=O)[O-])c1F)C1CCOC1. The zero-order chi connectivity index (χ0) is 14.9. The lowest BCUT2D eigenvalue weighted by molar-refractivity contribution is -0.387. The van der Waals surface area contributed by atoms with Gasteiger partial charge in [0.25, 0.3) is 5.91 Å². The highest BCUT2D eigenvalue weighted by Crippen LogP contribution is 2.25. The molecular weight excluding hydrogens is 274 g/mol. The number of amides is 1. The number of rotatable bonds is 3. The van der Waals surface area contributed by atoms with Crippen LogP contribution in [-0.4, -0.2) is 42.0 Å². The van der Waals surface area contributed by atoms with Crippen molar-refractivity contribution in [1.82, 2.24) is 4.90 Å². The third-order valence-electron chi connectivity index (χ3n) is 3.26. The maximum atomic E-state index is 13.9. The van der Waals surface area contributed by atoms with Crippen LogP contribution < -0.4 is 0 Å². The normalized spacial score (nSPS) is 18.1. The molecule has 0 N–H and O–H groups in total. The zero-order valence-electron chi connectivity index (χ0n) is 10.6. The van der Waals surface area contributed by atoms with E-state index in [1.165, 1.54) is 7.05 Å². The van der Waals surface area contributed by atoms with Crippen molar-refractivity contribution in [3.63, 3.8) is 0 Å². The maximum Gasteiger partial charge on any atom is 0.305 e. The van der Waals surface area contributed by atoms with E-state index in [1.807, 2.05) is 0 Å². The summed E-state index contributed by atoms with van der Waals surface area (Å²) < 4.78 is 32.7. The number of hydrogen-bond acceptors (Lipinski definition) is 4. The standard InChI is InChI=1S/C12H12F2N2O4/c1-15(7-4-5-20-6-7)12(17)10-8(13)2-3-9(11(10)14)16(18)19/h2-3,7H,4-6H2,1H3. The third-order valence-corrected chi connectivity index (χ3v) is 3.26. The van der Waals surface area contributed by atoms with Gasteiger partial charge in [0.15, 0.2) is 0 Å². The van der Waals surface area contributed by atoms with Crippen LogP contribution in [0.1, 0.15) is 16.8 Å². The molecule has 108 valence electrons. The van der Waals surface area contributed by atoms with E-state index in [1.54, 1.807) is 0 Å². The summed E-state index contributed by atoms with van der Waals surface area (Å²) in [5.41, 5.74) is -1.83. The number of ether oxygens (including phenoxy) is 1. The van der Waals surface area contributed by atoms with E-state index in [0.717, 1.165) is 4.90 Å². The molecule has 1 unspecified atom stereocenters. The summed E-state index contributed by atoms with van der Waals surface area (Å²) in [5, 5.41) is 10.6. The minimum absolute atomic E-state index is 0.278. The highest BCUT2D eigenvalue weighted by molar-refractivity contribution is 5.95. The van der Waals surface area contributed by atoms with Gasteiger partial charge in [-0.3, -0.25) is 14.9 Å². The fraction of sp³-hybridized carbons (Fsp3) is 0.417. The number of nitrogens with zero attached hydrogens (tertiary/aromatic N) is 2. The molecule has 20 heavy (non-hydrogen) atoms. The van der Waals surface area contributed by atoms with E-state index in [9.17, 15) is 23.7 Å². The Kier molecular flexibility index (Phi) is 3.93. The van der Waals surface area contributed by atoms with Crippen LogP contribution in [0, 0.1) is 21.7 Å². The Morgan fingerprint density at radius 1 is 1.50 bits per heavy atom. The van der Waals surface area contributed by atoms with Crippen LogP contribution in [0.15, 0.2) is 12.1 Å². The van der Waals surface area contributed by atoms with Crippen LogP contribution in [0.25, 0.3) is 0 Å². The lowest BCUT2D eigenvalue weighted by Gasteiger charge is -2.23. The van der Waals surface area contributed by atoms with Crippen LogP contribution in [0.4, 0.5) is 14.5 Å². The van der Waals surface area contributed by atoms with E-state index in [4.69, 9.17) is 4.74 Å². The van der Waals surface area contributed by atoms with Crippen LogP contribution in [0.2, 0.25) is 0 Å². The molecule has 1 aromatic rings. The molecule has 0 bridgehead atoms. The number of halogens is 2. The van der Waals surface area contributed by atoms with Crippen LogP contribution in [0.3, 0.4) is 0 Å². The molecule has 8 heteroatoms. The second-order valence-corrected chi connectivity index (χ2v) is 4.45. The van der Waals surface area contributed by atoms with Crippen molar-refractivity contribution in [2.24, 2.45) is 0 Å². The Morgan fingerprint density at radius 3 is 2.75 bits per heavy atom. The van der Waals surface area contributed by atoms with Crippen molar-refractivity contribution in [2.45, 2.75) is 12.5 Å². The molecular formula is C12H12F2N2O4. The predicted octanol–water partition coefficient (Wildman–Crippen LogP) is 1.73. The largest absolute Gasteiger partial charge is 0.379 e. The van der Waals surface area contributed by atoms with Gasteiger partial charge >= 0.3 is 5.69 Å². The van der Waals surface area contributed by atoms with Gasteiger partial charge in [-0.25, -0.2) is 4.39 Å². The molecule has 0 saturated carbocycles. The summed E-state index contributed by atoms with van der Waals surface area (Å²) in [6.45, 7) is 0.739. The molecule has 0 aromatic heterocycles. The van der Waals surface area contributed by atoms with Crippen LogP contribution in [-0.2, 0) is 4.74 Å². The van der Waals surface area contributed by atoms with E-state index >= 15 is 0 Å². The molecule has 6 nitrogen and oxygen atoms in total. The smallest absolute Gasteiger partial charge is 0.305 e. The zero-order valence-corrected chi connectivity index (χ0v) is 10.6. The van der Waals surface area contributed by atoms with Gasteiger partial charge in [-0.2, -0.15) is 4.39 Å². The number of likely N-dealkylation sites (N-methyl/N-ethyl adjacent to an activating group) is 1. The third kappa shape index (κ3) is 2.46. The van der Waals surface area contributed by atoms with Crippen molar-refractivity contribution >= 4 is 11.6 Å².